The normalized spacial score (nSPS) is 14.5. The Labute approximate surface area is 150 Å². The van der Waals surface area contributed by atoms with Crippen LogP contribution in [0.2, 0.25) is 0 Å². The van der Waals surface area contributed by atoms with Gasteiger partial charge in [-0.2, -0.15) is 4.98 Å². The van der Waals surface area contributed by atoms with Crippen molar-refractivity contribution in [3.05, 3.63) is 64.5 Å². The number of aryl methyl sites for hydroxylation is 1. The van der Waals surface area contributed by atoms with E-state index >= 15 is 0 Å². The van der Waals surface area contributed by atoms with Crippen LogP contribution in [-0.4, -0.2) is 15.8 Å². The molecule has 1 aliphatic heterocycles. The third-order valence-electron chi connectivity index (χ3n) is 4.17. The van der Waals surface area contributed by atoms with Crippen molar-refractivity contribution in [2.24, 2.45) is 4.99 Å². The molecule has 1 aliphatic rings. The molecular weight excluding hydrogens is 330 g/mol. The fourth-order valence-corrected chi connectivity index (χ4v) is 3.66. The van der Waals surface area contributed by atoms with Crippen LogP contribution in [0.4, 0.5) is 16.5 Å². The predicted molar refractivity (Wildman–Crippen MR) is 105 cm³/mol. The van der Waals surface area contributed by atoms with E-state index in [0.29, 0.717) is 5.13 Å². The summed E-state index contributed by atoms with van der Waals surface area (Å²) >= 11 is 1.42. The highest BCUT2D eigenvalue weighted by atomic mass is 32.1. The van der Waals surface area contributed by atoms with E-state index < -0.39 is 0 Å². The summed E-state index contributed by atoms with van der Waals surface area (Å²) in [5.41, 5.74) is 6.14. The highest BCUT2D eigenvalue weighted by Gasteiger charge is 2.19. The van der Waals surface area contributed by atoms with Gasteiger partial charge in [0.05, 0.1) is 10.6 Å². The largest absolute Gasteiger partial charge is 0.492 e. The molecule has 1 aromatic heterocycles. The standard InChI is InChI=1S/C20H17N3OS/c1-12-7-3-5-9-16(12)22-20-23-19(24)18(25-20)11-15-13(2)21-17-10-6-4-8-14(15)17/h3-11,24H,1-2H3,(H,22,23). The van der Waals surface area contributed by atoms with Gasteiger partial charge in [-0.05, 0) is 37.6 Å². The van der Waals surface area contributed by atoms with Gasteiger partial charge in [0.25, 0.3) is 0 Å². The van der Waals surface area contributed by atoms with E-state index in [1.807, 2.05) is 68.5 Å². The lowest BCUT2D eigenvalue weighted by Crippen LogP contribution is -1.91. The molecule has 25 heavy (non-hydrogen) atoms. The summed E-state index contributed by atoms with van der Waals surface area (Å²) in [5, 5.41) is 14.2. The fourth-order valence-electron chi connectivity index (χ4n) is 2.85. The van der Waals surface area contributed by atoms with Crippen LogP contribution in [0.3, 0.4) is 0 Å². The van der Waals surface area contributed by atoms with Gasteiger partial charge in [0, 0.05) is 22.5 Å². The molecule has 2 aromatic carbocycles. The zero-order valence-electron chi connectivity index (χ0n) is 13.9. The number of aromatic nitrogens is 1. The molecule has 0 radical (unpaired) electrons. The summed E-state index contributed by atoms with van der Waals surface area (Å²) < 4.78 is 0. The van der Waals surface area contributed by atoms with Crippen molar-refractivity contribution in [1.82, 2.24) is 4.98 Å². The van der Waals surface area contributed by atoms with Crippen LogP contribution < -0.4 is 5.32 Å². The highest BCUT2D eigenvalue weighted by Crippen LogP contribution is 2.39. The average Bonchev–Trinajstić information content (AvgIpc) is 3.10. The van der Waals surface area contributed by atoms with E-state index in [-0.39, 0.29) is 5.88 Å². The van der Waals surface area contributed by atoms with Gasteiger partial charge in [-0.25, -0.2) is 0 Å². The van der Waals surface area contributed by atoms with Gasteiger partial charge in [0.15, 0.2) is 5.13 Å². The van der Waals surface area contributed by atoms with Crippen molar-refractivity contribution >= 4 is 45.2 Å². The SMILES string of the molecule is CC1=Nc2ccccc2C1=Cc1sc(Nc2ccccc2C)nc1O. The summed E-state index contributed by atoms with van der Waals surface area (Å²) in [5.74, 6) is 0.0331. The summed E-state index contributed by atoms with van der Waals surface area (Å²) in [7, 11) is 0. The van der Waals surface area contributed by atoms with Crippen molar-refractivity contribution in [2.75, 3.05) is 5.32 Å². The summed E-state index contributed by atoms with van der Waals surface area (Å²) in [4.78, 5) is 9.55. The van der Waals surface area contributed by atoms with E-state index in [2.05, 4.69) is 15.3 Å². The zero-order valence-corrected chi connectivity index (χ0v) is 14.8. The first-order valence-corrected chi connectivity index (χ1v) is 8.82. The fraction of sp³-hybridized carbons (Fsp3) is 0.100. The number of fused-ring (bicyclic) bond motifs is 1. The Morgan fingerprint density at radius 2 is 1.80 bits per heavy atom. The van der Waals surface area contributed by atoms with E-state index in [4.69, 9.17) is 0 Å². The van der Waals surface area contributed by atoms with Crippen LogP contribution in [0.1, 0.15) is 22.9 Å². The van der Waals surface area contributed by atoms with E-state index in [1.165, 1.54) is 11.3 Å². The Kier molecular flexibility index (Phi) is 3.86. The molecule has 4 nitrogen and oxygen atoms in total. The second kappa shape index (κ2) is 6.18. The van der Waals surface area contributed by atoms with Crippen LogP contribution in [0.15, 0.2) is 53.5 Å². The van der Waals surface area contributed by atoms with E-state index in [9.17, 15) is 5.11 Å². The molecule has 4 rings (SSSR count). The number of thiazole rings is 1. The Bertz CT molecular complexity index is 1020. The van der Waals surface area contributed by atoms with Gasteiger partial charge in [-0.15, -0.1) is 0 Å². The van der Waals surface area contributed by atoms with Gasteiger partial charge >= 0.3 is 0 Å². The first kappa shape index (κ1) is 15.6. The van der Waals surface area contributed by atoms with Crippen molar-refractivity contribution < 1.29 is 5.11 Å². The van der Waals surface area contributed by atoms with Crippen LogP contribution in [0, 0.1) is 6.92 Å². The number of nitrogens with one attached hydrogen (secondary N) is 1. The molecule has 0 aliphatic carbocycles. The van der Waals surface area contributed by atoms with Crippen LogP contribution in [-0.2, 0) is 0 Å². The number of rotatable bonds is 3. The number of aliphatic imine (C=N–C) groups is 1. The number of anilines is 2. The summed E-state index contributed by atoms with van der Waals surface area (Å²) in [6.07, 6.45) is 1.96. The molecule has 0 unspecified atom stereocenters. The Morgan fingerprint density at radius 1 is 1.04 bits per heavy atom. The quantitative estimate of drug-likeness (QED) is 0.653. The summed E-state index contributed by atoms with van der Waals surface area (Å²) in [6, 6.07) is 16.0. The molecule has 124 valence electrons. The lowest BCUT2D eigenvalue weighted by Gasteiger charge is -2.05. The minimum atomic E-state index is 0.0331. The molecule has 2 heterocycles. The van der Waals surface area contributed by atoms with Gasteiger partial charge < -0.3 is 10.4 Å². The second-order valence-electron chi connectivity index (χ2n) is 5.92. The molecule has 2 N–H and O–H groups in total. The Hall–Kier alpha value is -2.92. The predicted octanol–water partition coefficient (Wildman–Crippen LogP) is 5.55. The molecule has 0 bridgehead atoms. The lowest BCUT2D eigenvalue weighted by molar-refractivity contribution is 0.457. The molecule has 0 spiro atoms. The van der Waals surface area contributed by atoms with Gasteiger partial charge in [0.1, 0.15) is 0 Å². The minimum absolute atomic E-state index is 0.0331. The molecule has 0 fully saturated rings. The number of para-hydroxylation sites is 2. The minimum Gasteiger partial charge on any atom is -0.492 e. The van der Waals surface area contributed by atoms with Crippen LogP contribution in [0.25, 0.3) is 11.6 Å². The smallest absolute Gasteiger partial charge is 0.231 e. The number of allylic oxidation sites excluding steroid dienone is 1. The number of aromatic hydroxyl groups is 1. The molecule has 3 aromatic rings. The Balaban J connectivity index is 1.68. The van der Waals surface area contributed by atoms with Crippen molar-refractivity contribution in [2.45, 2.75) is 13.8 Å². The van der Waals surface area contributed by atoms with Gasteiger partial charge in [-0.3, -0.25) is 4.99 Å². The molecule has 5 heteroatoms. The average molecular weight is 347 g/mol. The number of benzene rings is 2. The van der Waals surface area contributed by atoms with Gasteiger partial charge in [-0.1, -0.05) is 47.7 Å². The number of hydrogen-bond donors (Lipinski definition) is 2. The zero-order chi connectivity index (χ0) is 17.4. The second-order valence-corrected chi connectivity index (χ2v) is 6.95. The lowest BCUT2D eigenvalue weighted by atomic mass is 10.0. The molecule has 0 amide bonds. The van der Waals surface area contributed by atoms with Crippen molar-refractivity contribution in [3.63, 3.8) is 0 Å². The first-order chi connectivity index (χ1) is 12.1. The Morgan fingerprint density at radius 3 is 2.64 bits per heavy atom. The van der Waals surface area contributed by atoms with Crippen LogP contribution in [0.5, 0.6) is 5.88 Å². The third-order valence-corrected chi connectivity index (χ3v) is 5.08. The maximum Gasteiger partial charge on any atom is 0.231 e. The monoisotopic (exact) mass is 347 g/mol. The van der Waals surface area contributed by atoms with Crippen molar-refractivity contribution in [1.29, 1.82) is 0 Å². The molecule has 0 saturated heterocycles. The molecule has 0 saturated carbocycles. The highest BCUT2D eigenvalue weighted by molar-refractivity contribution is 7.16. The van der Waals surface area contributed by atoms with E-state index in [0.717, 1.165) is 38.7 Å². The maximum atomic E-state index is 10.2. The van der Waals surface area contributed by atoms with E-state index in [1.54, 1.807) is 0 Å². The first-order valence-electron chi connectivity index (χ1n) is 8.01. The number of hydrogen-bond acceptors (Lipinski definition) is 5. The van der Waals surface area contributed by atoms with Crippen molar-refractivity contribution in [3.8, 4) is 5.88 Å². The summed E-state index contributed by atoms with van der Waals surface area (Å²) in [6.45, 7) is 4.02. The molecule has 0 atom stereocenters. The topological polar surface area (TPSA) is 57.5 Å². The third kappa shape index (κ3) is 2.94. The van der Waals surface area contributed by atoms with Crippen LogP contribution >= 0.6 is 11.3 Å². The maximum absolute atomic E-state index is 10.2. The number of nitrogens with zero attached hydrogens (tertiary/aromatic N) is 2. The molecular formula is C20H17N3OS. The van der Waals surface area contributed by atoms with Gasteiger partial charge in [0.2, 0.25) is 5.88 Å².